The molecule has 0 aliphatic carbocycles. The minimum absolute atomic E-state index is 0.897. The molecule has 1 aromatic rings. The molecule has 0 heterocycles. The highest BCUT2D eigenvalue weighted by atomic mass is 79.9. The Kier molecular flexibility index (Phi) is 4.90. The molecular formula is C8H8BrF4N. The predicted octanol–water partition coefficient (Wildman–Crippen LogP) is 3.61. The summed E-state index contributed by atoms with van der Waals surface area (Å²) in [6, 6.07) is 0. The Balaban J connectivity index is 0.000000791. The minimum atomic E-state index is -1.60. The number of hydrogen-bond donors (Lipinski definition) is 1. The first-order valence-electron chi connectivity index (χ1n) is 3.73. The van der Waals surface area contributed by atoms with Crippen LogP contribution in [0.2, 0.25) is 0 Å². The molecule has 0 amide bonds. The average Bonchev–Trinajstić information content (AvgIpc) is 2.24. The summed E-state index contributed by atoms with van der Waals surface area (Å²) in [6.45, 7) is 4.00. The standard InChI is InChI=1S/C6H2BrF4N.C2H6/c7-1-2(8)4(10)6(12)5(11)3(1)9;1-2/h12H2;1-2H3. The lowest BCUT2D eigenvalue weighted by Gasteiger charge is -2.03. The summed E-state index contributed by atoms with van der Waals surface area (Å²) < 4.78 is 49.1. The summed E-state index contributed by atoms with van der Waals surface area (Å²) in [7, 11) is 0. The van der Waals surface area contributed by atoms with Crippen LogP contribution < -0.4 is 5.73 Å². The molecule has 6 heteroatoms. The van der Waals surface area contributed by atoms with Crippen molar-refractivity contribution in [3.05, 3.63) is 27.7 Å². The molecule has 0 saturated carbocycles. The second-order valence-electron chi connectivity index (χ2n) is 1.98. The molecule has 80 valence electrons. The van der Waals surface area contributed by atoms with E-state index in [1.165, 1.54) is 0 Å². The van der Waals surface area contributed by atoms with Gasteiger partial charge in [0.1, 0.15) is 5.69 Å². The molecule has 2 N–H and O–H groups in total. The average molecular weight is 274 g/mol. The summed E-state index contributed by atoms with van der Waals surface area (Å²) >= 11 is 2.33. The molecule has 1 nitrogen and oxygen atoms in total. The zero-order valence-electron chi connectivity index (χ0n) is 7.47. The number of rotatable bonds is 0. The second-order valence-corrected chi connectivity index (χ2v) is 2.78. The van der Waals surface area contributed by atoms with Crippen molar-refractivity contribution in [3.63, 3.8) is 0 Å². The monoisotopic (exact) mass is 273 g/mol. The molecular weight excluding hydrogens is 266 g/mol. The first-order chi connectivity index (χ1) is 6.46. The van der Waals surface area contributed by atoms with Crippen LogP contribution in [0.1, 0.15) is 13.8 Å². The molecule has 0 atom stereocenters. The summed E-state index contributed by atoms with van der Waals surface area (Å²) in [5.41, 5.74) is 3.54. The second kappa shape index (κ2) is 5.19. The van der Waals surface area contributed by atoms with Gasteiger partial charge in [-0.25, -0.2) is 17.6 Å². The molecule has 0 radical (unpaired) electrons. The molecule has 0 bridgehead atoms. The topological polar surface area (TPSA) is 26.0 Å². The van der Waals surface area contributed by atoms with Crippen molar-refractivity contribution in [2.24, 2.45) is 0 Å². The maximum atomic E-state index is 12.5. The molecule has 1 aromatic carbocycles. The van der Waals surface area contributed by atoms with E-state index in [-0.39, 0.29) is 0 Å². The molecule has 0 aliphatic rings. The van der Waals surface area contributed by atoms with Crippen molar-refractivity contribution in [3.8, 4) is 0 Å². The van der Waals surface area contributed by atoms with Crippen LogP contribution in [0, 0.1) is 23.3 Å². The van der Waals surface area contributed by atoms with Crippen LogP contribution >= 0.6 is 15.9 Å². The third-order valence-corrected chi connectivity index (χ3v) is 1.94. The lowest BCUT2D eigenvalue weighted by atomic mass is 10.3. The van der Waals surface area contributed by atoms with Gasteiger partial charge in [0.25, 0.3) is 0 Å². The van der Waals surface area contributed by atoms with E-state index in [0.29, 0.717) is 0 Å². The van der Waals surface area contributed by atoms with E-state index < -0.39 is 33.4 Å². The lowest BCUT2D eigenvalue weighted by molar-refractivity contribution is 0.452. The van der Waals surface area contributed by atoms with E-state index in [9.17, 15) is 17.6 Å². The van der Waals surface area contributed by atoms with Gasteiger partial charge in [0.2, 0.25) is 0 Å². The molecule has 0 spiro atoms. The molecule has 1 rings (SSSR count). The molecule has 0 saturated heterocycles. The van der Waals surface area contributed by atoms with Crippen LogP contribution in [0.15, 0.2) is 4.47 Å². The van der Waals surface area contributed by atoms with E-state index in [1.54, 1.807) is 0 Å². The Morgan fingerprint density at radius 2 is 1.14 bits per heavy atom. The fraction of sp³-hybridized carbons (Fsp3) is 0.250. The van der Waals surface area contributed by atoms with Gasteiger partial charge in [-0.05, 0) is 15.9 Å². The van der Waals surface area contributed by atoms with Gasteiger partial charge >= 0.3 is 0 Å². The first kappa shape index (κ1) is 13.2. The number of hydrogen-bond acceptors (Lipinski definition) is 1. The van der Waals surface area contributed by atoms with Crippen molar-refractivity contribution in [2.45, 2.75) is 13.8 Å². The highest BCUT2D eigenvalue weighted by Gasteiger charge is 2.21. The zero-order valence-corrected chi connectivity index (χ0v) is 9.05. The Bertz CT molecular complexity index is 236. The van der Waals surface area contributed by atoms with Gasteiger partial charge in [0.05, 0.1) is 4.47 Å². The van der Waals surface area contributed by atoms with Crippen LogP contribution in [0.4, 0.5) is 23.2 Å². The summed E-state index contributed by atoms with van der Waals surface area (Å²) in [5, 5.41) is 0. The van der Waals surface area contributed by atoms with Crippen molar-refractivity contribution < 1.29 is 17.6 Å². The van der Waals surface area contributed by atoms with E-state index in [0.717, 1.165) is 0 Å². The first-order valence-corrected chi connectivity index (χ1v) is 4.53. The van der Waals surface area contributed by atoms with E-state index in [4.69, 9.17) is 5.73 Å². The van der Waals surface area contributed by atoms with Gasteiger partial charge in [0, 0.05) is 0 Å². The van der Waals surface area contributed by atoms with Crippen molar-refractivity contribution in [2.75, 3.05) is 5.73 Å². The molecule has 14 heavy (non-hydrogen) atoms. The van der Waals surface area contributed by atoms with Gasteiger partial charge < -0.3 is 5.73 Å². The largest absolute Gasteiger partial charge is 0.394 e. The number of halogens is 5. The van der Waals surface area contributed by atoms with E-state index in [2.05, 4.69) is 15.9 Å². The van der Waals surface area contributed by atoms with Crippen LogP contribution in [0.5, 0.6) is 0 Å². The van der Waals surface area contributed by atoms with Crippen LogP contribution in [0.25, 0.3) is 0 Å². The normalized spacial score (nSPS) is 9.36. The van der Waals surface area contributed by atoms with Crippen molar-refractivity contribution in [1.82, 2.24) is 0 Å². The Morgan fingerprint density at radius 3 is 1.43 bits per heavy atom. The Morgan fingerprint density at radius 1 is 0.857 bits per heavy atom. The van der Waals surface area contributed by atoms with E-state index >= 15 is 0 Å². The molecule has 0 aliphatic heterocycles. The Hall–Kier alpha value is -0.780. The number of benzene rings is 1. The fourth-order valence-electron chi connectivity index (χ4n) is 0.622. The fourth-order valence-corrected chi connectivity index (χ4v) is 0.970. The molecule has 0 fully saturated rings. The smallest absolute Gasteiger partial charge is 0.186 e. The van der Waals surface area contributed by atoms with Gasteiger partial charge in [-0.3, -0.25) is 0 Å². The number of nitrogens with two attached hydrogens (primary N) is 1. The maximum Gasteiger partial charge on any atom is 0.186 e. The summed E-state index contributed by atoms with van der Waals surface area (Å²) in [4.78, 5) is 0. The van der Waals surface area contributed by atoms with Crippen LogP contribution in [0.3, 0.4) is 0 Å². The van der Waals surface area contributed by atoms with Crippen molar-refractivity contribution in [1.29, 1.82) is 0 Å². The molecule has 0 aromatic heterocycles. The molecule has 0 unspecified atom stereocenters. The van der Waals surface area contributed by atoms with Gasteiger partial charge in [0.15, 0.2) is 23.3 Å². The SMILES string of the molecule is CC.Nc1c(F)c(F)c(Br)c(F)c1F. The lowest BCUT2D eigenvalue weighted by Crippen LogP contribution is -2.03. The van der Waals surface area contributed by atoms with Gasteiger partial charge in [-0.1, -0.05) is 13.8 Å². The van der Waals surface area contributed by atoms with Crippen molar-refractivity contribution >= 4 is 21.6 Å². The van der Waals surface area contributed by atoms with Crippen LogP contribution in [-0.2, 0) is 0 Å². The van der Waals surface area contributed by atoms with Crippen LogP contribution in [-0.4, -0.2) is 0 Å². The predicted molar refractivity (Wildman–Crippen MR) is 49.7 cm³/mol. The van der Waals surface area contributed by atoms with Gasteiger partial charge in [-0.2, -0.15) is 0 Å². The number of nitrogen functional groups attached to an aromatic ring is 1. The quantitative estimate of drug-likeness (QED) is 0.332. The third-order valence-electron chi connectivity index (χ3n) is 1.24. The summed E-state index contributed by atoms with van der Waals surface area (Å²) in [5.74, 6) is -6.26. The number of anilines is 1. The minimum Gasteiger partial charge on any atom is -0.394 e. The highest BCUT2D eigenvalue weighted by molar-refractivity contribution is 9.10. The van der Waals surface area contributed by atoms with E-state index in [1.807, 2.05) is 13.8 Å². The summed E-state index contributed by atoms with van der Waals surface area (Å²) in [6.07, 6.45) is 0. The third kappa shape index (κ3) is 2.17. The highest BCUT2D eigenvalue weighted by Crippen LogP contribution is 2.29. The zero-order chi connectivity index (χ0) is 11.5. The maximum absolute atomic E-state index is 12.5. The van der Waals surface area contributed by atoms with Gasteiger partial charge in [-0.15, -0.1) is 0 Å². The Labute approximate surface area is 87.0 Å².